The number of nitrogens with zero attached hydrogens (tertiary/aromatic N) is 1. The average Bonchev–Trinajstić information content (AvgIpc) is 2.22. The van der Waals surface area contributed by atoms with E-state index in [4.69, 9.17) is 0 Å². The number of fused-ring (bicyclic) bond motifs is 1. The Balaban J connectivity index is 2.84. The number of pyridine rings is 1. The Morgan fingerprint density at radius 3 is 2.44 bits per heavy atom. The smallest absolute Gasteiger partial charge is 0.243 e. The van der Waals surface area contributed by atoms with Gasteiger partial charge in [0.05, 0.1) is 5.52 Å². The minimum atomic E-state index is -4.42. The molecule has 1 aromatic carbocycles. The second kappa shape index (κ2) is 3.73. The highest BCUT2D eigenvalue weighted by Gasteiger charge is 2.35. The molecule has 0 aliphatic rings. The van der Waals surface area contributed by atoms with Crippen molar-refractivity contribution in [1.29, 1.82) is 0 Å². The molecule has 1 aromatic heterocycles. The Kier molecular flexibility index (Phi) is 2.66. The van der Waals surface area contributed by atoms with Crippen LogP contribution >= 0.6 is 15.9 Å². The third-order valence-corrected chi connectivity index (χ3v) is 3.35. The van der Waals surface area contributed by atoms with E-state index in [1.165, 1.54) is 6.92 Å². The van der Waals surface area contributed by atoms with Crippen molar-refractivity contribution >= 4 is 26.8 Å². The average molecular weight is 290 g/mol. The van der Waals surface area contributed by atoms with Gasteiger partial charge in [0.25, 0.3) is 0 Å². The van der Waals surface area contributed by atoms with Crippen molar-refractivity contribution in [3.8, 4) is 0 Å². The van der Waals surface area contributed by atoms with E-state index in [0.717, 1.165) is 0 Å². The first-order valence-electron chi connectivity index (χ1n) is 4.53. The molecule has 0 aliphatic heterocycles. The first kappa shape index (κ1) is 11.4. The van der Waals surface area contributed by atoms with E-state index in [9.17, 15) is 13.2 Å². The first-order chi connectivity index (χ1) is 7.41. The number of para-hydroxylation sites is 1. The van der Waals surface area contributed by atoms with E-state index in [2.05, 4.69) is 20.9 Å². The zero-order valence-corrected chi connectivity index (χ0v) is 9.85. The van der Waals surface area contributed by atoms with Crippen LogP contribution in [0.3, 0.4) is 0 Å². The fraction of sp³-hybridized carbons (Fsp3) is 0.182. The fourth-order valence-corrected chi connectivity index (χ4v) is 2.07. The van der Waals surface area contributed by atoms with Crippen molar-refractivity contribution in [2.24, 2.45) is 0 Å². The van der Waals surface area contributed by atoms with Crippen molar-refractivity contribution in [3.05, 3.63) is 40.0 Å². The summed E-state index contributed by atoms with van der Waals surface area (Å²) in [4.78, 5) is 3.65. The summed E-state index contributed by atoms with van der Waals surface area (Å²) in [5.41, 5.74) is -0.378. The number of aromatic nitrogens is 1. The predicted molar refractivity (Wildman–Crippen MR) is 59.2 cm³/mol. The quantitative estimate of drug-likeness (QED) is 0.704. The van der Waals surface area contributed by atoms with Crippen molar-refractivity contribution in [3.63, 3.8) is 0 Å². The van der Waals surface area contributed by atoms with Gasteiger partial charge in [-0.3, -0.25) is 0 Å². The molecular weight excluding hydrogens is 283 g/mol. The summed E-state index contributed by atoms with van der Waals surface area (Å²) < 4.78 is 38.5. The SMILES string of the molecule is Cc1c(C(F)(F)F)nc2ccccc2c1Br. The lowest BCUT2D eigenvalue weighted by atomic mass is 10.1. The number of hydrogen-bond donors (Lipinski definition) is 0. The van der Waals surface area contributed by atoms with E-state index in [1.54, 1.807) is 24.3 Å². The molecule has 84 valence electrons. The van der Waals surface area contributed by atoms with E-state index in [0.29, 0.717) is 15.4 Å². The van der Waals surface area contributed by atoms with Crippen LogP contribution in [0.25, 0.3) is 10.9 Å². The highest BCUT2D eigenvalue weighted by Crippen LogP contribution is 2.36. The monoisotopic (exact) mass is 289 g/mol. The molecule has 0 fully saturated rings. The summed E-state index contributed by atoms with van der Waals surface area (Å²) >= 11 is 3.18. The molecule has 0 saturated carbocycles. The van der Waals surface area contributed by atoms with Gasteiger partial charge in [-0.15, -0.1) is 0 Å². The molecule has 0 unspecified atom stereocenters. The van der Waals surface area contributed by atoms with Crippen molar-refractivity contribution in [1.82, 2.24) is 4.98 Å². The molecule has 5 heteroatoms. The van der Waals surface area contributed by atoms with Crippen LogP contribution in [0.4, 0.5) is 13.2 Å². The second-order valence-electron chi connectivity index (χ2n) is 3.41. The topological polar surface area (TPSA) is 12.9 Å². The predicted octanol–water partition coefficient (Wildman–Crippen LogP) is 4.32. The molecule has 2 rings (SSSR count). The summed E-state index contributed by atoms with van der Waals surface area (Å²) in [5.74, 6) is 0. The minimum absolute atomic E-state index is 0.117. The Labute approximate surface area is 98.4 Å². The van der Waals surface area contributed by atoms with Crippen LogP contribution in [0.2, 0.25) is 0 Å². The van der Waals surface area contributed by atoms with Crippen molar-refractivity contribution in [2.75, 3.05) is 0 Å². The van der Waals surface area contributed by atoms with Crippen molar-refractivity contribution in [2.45, 2.75) is 13.1 Å². The van der Waals surface area contributed by atoms with Gasteiger partial charge < -0.3 is 0 Å². The summed E-state index contributed by atoms with van der Waals surface area (Å²) in [6, 6.07) is 6.73. The number of alkyl halides is 3. The second-order valence-corrected chi connectivity index (χ2v) is 4.21. The van der Waals surface area contributed by atoms with E-state index >= 15 is 0 Å². The molecule has 0 spiro atoms. The molecule has 1 nitrogen and oxygen atoms in total. The fourth-order valence-electron chi connectivity index (χ4n) is 1.54. The zero-order chi connectivity index (χ0) is 11.9. The van der Waals surface area contributed by atoms with Gasteiger partial charge in [0.1, 0.15) is 5.69 Å². The van der Waals surface area contributed by atoms with Gasteiger partial charge in [0.2, 0.25) is 0 Å². The number of halogens is 4. The van der Waals surface area contributed by atoms with Gasteiger partial charge in [0.15, 0.2) is 0 Å². The standard InChI is InChI=1S/C11H7BrF3N/c1-6-9(12)7-4-2-3-5-8(7)16-10(6)11(13,14)15/h2-5H,1H3. The third-order valence-electron chi connectivity index (χ3n) is 2.33. The van der Waals surface area contributed by atoms with Crippen LogP contribution in [0, 0.1) is 6.92 Å². The first-order valence-corrected chi connectivity index (χ1v) is 5.32. The molecule has 2 aromatic rings. The van der Waals surface area contributed by atoms with E-state index in [1.807, 2.05) is 0 Å². The largest absolute Gasteiger partial charge is 0.433 e. The molecule has 0 bridgehead atoms. The van der Waals surface area contributed by atoms with Gasteiger partial charge in [-0.05, 0) is 34.5 Å². The lowest BCUT2D eigenvalue weighted by Crippen LogP contribution is -2.11. The lowest BCUT2D eigenvalue weighted by Gasteiger charge is -2.12. The molecule has 0 radical (unpaired) electrons. The highest BCUT2D eigenvalue weighted by atomic mass is 79.9. The van der Waals surface area contributed by atoms with Crippen LogP contribution in [0.1, 0.15) is 11.3 Å². The molecule has 16 heavy (non-hydrogen) atoms. The van der Waals surface area contributed by atoms with Crippen molar-refractivity contribution < 1.29 is 13.2 Å². The molecule has 0 saturated heterocycles. The lowest BCUT2D eigenvalue weighted by molar-refractivity contribution is -0.141. The summed E-state index contributed by atoms with van der Waals surface area (Å²) in [6.07, 6.45) is -4.42. The summed E-state index contributed by atoms with van der Waals surface area (Å²) in [5, 5.41) is 0.688. The minimum Gasteiger partial charge on any atom is -0.243 e. The van der Waals surface area contributed by atoms with Gasteiger partial charge in [-0.2, -0.15) is 13.2 Å². The van der Waals surface area contributed by atoms with E-state index < -0.39 is 11.9 Å². The van der Waals surface area contributed by atoms with Crippen LogP contribution in [0.5, 0.6) is 0 Å². The highest BCUT2D eigenvalue weighted by molar-refractivity contribution is 9.10. The molecule has 0 N–H and O–H groups in total. The molecule has 1 heterocycles. The van der Waals surface area contributed by atoms with Gasteiger partial charge in [-0.1, -0.05) is 18.2 Å². The van der Waals surface area contributed by atoms with Crippen LogP contribution in [-0.2, 0) is 6.18 Å². The van der Waals surface area contributed by atoms with Gasteiger partial charge >= 0.3 is 6.18 Å². The van der Waals surface area contributed by atoms with Crippen LogP contribution in [0.15, 0.2) is 28.7 Å². The Morgan fingerprint density at radius 1 is 1.19 bits per heavy atom. The maximum Gasteiger partial charge on any atom is 0.433 e. The maximum atomic E-state index is 12.7. The molecule has 0 aliphatic carbocycles. The van der Waals surface area contributed by atoms with Crippen LogP contribution < -0.4 is 0 Å². The zero-order valence-electron chi connectivity index (χ0n) is 8.27. The van der Waals surface area contributed by atoms with Gasteiger partial charge in [0, 0.05) is 9.86 Å². The Hall–Kier alpha value is -1.10. The Bertz CT molecular complexity index is 549. The number of rotatable bonds is 0. The third kappa shape index (κ3) is 1.80. The number of benzene rings is 1. The molecule has 0 amide bonds. The Morgan fingerprint density at radius 2 is 1.81 bits per heavy atom. The van der Waals surface area contributed by atoms with E-state index in [-0.39, 0.29) is 5.56 Å². The summed E-state index contributed by atoms with van der Waals surface area (Å²) in [7, 11) is 0. The maximum absolute atomic E-state index is 12.7. The van der Waals surface area contributed by atoms with Gasteiger partial charge in [-0.25, -0.2) is 4.98 Å². The summed E-state index contributed by atoms with van der Waals surface area (Å²) in [6.45, 7) is 1.41. The van der Waals surface area contributed by atoms with Crippen LogP contribution in [-0.4, -0.2) is 4.98 Å². The molecule has 0 atom stereocenters. The number of hydrogen-bond acceptors (Lipinski definition) is 1. The normalized spacial score (nSPS) is 12.1. The molecular formula is C11H7BrF3N.